The van der Waals surface area contributed by atoms with E-state index in [1.165, 1.54) is 0 Å². The van der Waals surface area contributed by atoms with Crippen LogP contribution in [0.25, 0.3) is 0 Å². The van der Waals surface area contributed by atoms with Crippen LogP contribution in [0.4, 0.5) is 4.79 Å². The molecule has 2 aromatic carbocycles. The number of carbonyl (C=O) groups is 2. The Balaban J connectivity index is 0.00000456. The first-order valence-electron chi connectivity index (χ1n) is 11.3. The first-order valence-corrected chi connectivity index (χ1v) is 13.6. The number of aryl methyl sites for hydroxylation is 1. The zero-order valence-corrected chi connectivity index (χ0v) is 22.9. The predicted octanol–water partition coefficient (Wildman–Crippen LogP) is 5.60. The maximum Gasteiger partial charge on any atom is 0.476 e. The Labute approximate surface area is 221 Å². The third-order valence-corrected chi connectivity index (χ3v) is 7.57. The van der Waals surface area contributed by atoms with Gasteiger partial charge >= 0.3 is 7.82 Å². The van der Waals surface area contributed by atoms with E-state index in [0.29, 0.717) is 12.2 Å². The fourth-order valence-corrected chi connectivity index (χ4v) is 5.17. The summed E-state index contributed by atoms with van der Waals surface area (Å²) in [6.07, 6.45) is -0.0501. The van der Waals surface area contributed by atoms with Crippen LogP contribution in [0.15, 0.2) is 48.5 Å². The van der Waals surface area contributed by atoms with Gasteiger partial charge in [-0.2, -0.15) is 0 Å². The zero-order chi connectivity index (χ0) is 25.3. The Morgan fingerprint density at radius 1 is 0.972 bits per heavy atom. The van der Waals surface area contributed by atoms with E-state index >= 15 is 0 Å². The third kappa shape index (κ3) is 9.19. The molecule has 2 unspecified atom stereocenters. The van der Waals surface area contributed by atoms with Crippen molar-refractivity contribution in [1.82, 2.24) is 5.32 Å². The van der Waals surface area contributed by atoms with Crippen molar-refractivity contribution in [1.29, 1.82) is 0 Å². The van der Waals surface area contributed by atoms with Gasteiger partial charge in [0.05, 0.1) is 18.5 Å². The molecule has 0 saturated carbocycles. The number of benzene rings is 2. The fraction of sp³-hybridized carbons (Fsp3) is 0.417. The van der Waals surface area contributed by atoms with Gasteiger partial charge in [0.25, 0.3) is 5.24 Å². The second-order valence-electron chi connectivity index (χ2n) is 7.64. The van der Waals surface area contributed by atoms with E-state index in [-0.39, 0.29) is 50.2 Å². The van der Waals surface area contributed by atoms with Crippen LogP contribution < -0.4 is 10.1 Å². The minimum atomic E-state index is -3.70. The molecular weight excluding hydrogens is 529 g/mol. The fourth-order valence-electron chi connectivity index (χ4n) is 3.26. The topological polar surface area (TPSA) is 109 Å². The molecule has 0 radical (unpaired) electrons. The van der Waals surface area contributed by atoms with Gasteiger partial charge in [-0.1, -0.05) is 53.7 Å². The normalized spacial score (nSPS) is 16.4. The molecule has 0 bridgehead atoms. The highest BCUT2D eigenvalue weighted by molar-refractivity contribution is 8.15. The lowest BCUT2D eigenvalue weighted by Crippen LogP contribution is -2.25. The Morgan fingerprint density at radius 3 is 2.17 bits per heavy atom. The number of rotatable bonds is 14. The number of halogens is 1. The van der Waals surface area contributed by atoms with Crippen LogP contribution in [-0.4, -0.2) is 43.0 Å². The van der Waals surface area contributed by atoms with Crippen LogP contribution in [0.2, 0.25) is 0 Å². The van der Waals surface area contributed by atoms with Crippen LogP contribution in [0.3, 0.4) is 0 Å². The summed E-state index contributed by atoms with van der Waals surface area (Å²) >= 11 is 1.00. The second-order valence-corrected chi connectivity index (χ2v) is 10.5. The van der Waals surface area contributed by atoms with E-state index in [1.54, 1.807) is 26.0 Å². The van der Waals surface area contributed by atoms with Crippen molar-refractivity contribution in [3.8, 4) is 5.75 Å². The van der Waals surface area contributed by atoms with Gasteiger partial charge in [-0.25, -0.2) is 4.57 Å². The van der Waals surface area contributed by atoms with Crippen molar-refractivity contribution in [2.45, 2.75) is 38.5 Å². The van der Waals surface area contributed by atoms with E-state index in [4.69, 9.17) is 23.0 Å². The lowest BCUT2D eigenvalue weighted by atomic mass is 10.1. The smallest absolute Gasteiger partial charge is 0.476 e. The number of thioether (sulfide) groups is 1. The Bertz CT molecular complexity index is 1030. The Kier molecular flexibility index (Phi) is 12.4. The zero-order valence-electron chi connectivity index (χ0n) is 20.3. The first kappa shape index (κ1) is 30.3. The van der Waals surface area contributed by atoms with Gasteiger partial charge in [-0.15, -0.1) is 12.4 Å². The van der Waals surface area contributed by atoms with Gasteiger partial charge in [0.15, 0.2) is 6.79 Å². The first-order chi connectivity index (χ1) is 16.8. The van der Waals surface area contributed by atoms with Crippen LogP contribution in [0, 0.1) is 6.92 Å². The number of nitrogens with one attached hydrogen (secondary N) is 1. The number of phosphoric acid groups is 1. The highest BCUT2D eigenvalue weighted by Crippen LogP contribution is 2.49. The third-order valence-electron chi connectivity index (χ3n) is 5.02. The van der Waals surface area contributed by atoms with Crippen LogP contribution in [-0.2, 0) is 34.1 Å². The molecule has 1 fully saturated rings. The number of hydrogen-bond acceptors (Lipinski definition) is 9. The number of hydrogen-bond donors (Lipinski definition) is 1. The molecule has 198 valence electrons. The SMILES string of the molecule is CCOP(=O)(OCC)OCOC(COc1ccc(CC2SC(=O)NC2=O)cc1)c1ccc(C)cc1.Cl. The summed E-state index contributed by atoms with van der Waals surface area (Å²) in [6, 6.07) is 15.1. The van der Waals surface area contributed by atoms with Gasteiger partial charge < -0.3 is 9.47 Å². The van der Waals surface area contributed by atoms with Gasteiger partial charge in [0.2, 0.25) is 5.91 Å². The molecule has 1 N–H and O–H groups in total. The standard InChI is InChI=1S/C24H30NO8PS.ClH/c1-4-31-34(28,32-5-2)33-16-30-21(19-10-6-17(3)7-11-19)15-29-20-12-8-18(9-13-20)14-22-23(26)25-24(27)35-22;/h6-13,21-22H,4-5,14-16H2,1-3H3,(H,25,26,27);1H. The van der Waals surface area contributed by atoms with Crippen LogP contribution in [0.5, 0.6) is 5.75 Å². The van der Waals surface area contributed by atoms with Crippen molar-refractivity contribution in [3.63, 3.8) is 0 Å². The molecule has 1 aliphatic heterocycles. The van der Waals surface area contributed by atoms with E-state index < -0.39 is 19.2 Å². The number of carbonyl (C=O) groups excluding carboxylic acids is 2. The number of imide groups is 1. The van der Waals surface area contributed by atoms with E-state index in [0.717, 1.165) is 28.5 Å². The summed E-state index contributed by atoms with van der Waals surface area (Å²) in [7, 11) is -3.70. The van der Waals surface area contributed by atoms with Gasteiger partial charge in [-0.3, -0.25) is 28.5 Å². The molecule has 1 aliphatic rings. The minimum Gasteiger partial charge on any atom is -0.491 e. The summed E-state index contributed by atoms with van der Waals surface area (Å²) in [5, 5.41) is 1.56. The lowest BCUT2D eigenvalue weighted by molar-refractivity contribution is -0.118. The molecule has 0 spiro atoms. The molecule has 1 heterocycles. The van der Waals surface area contributed by atoms with Gasteiger partial charge in [-0.05, 0) is 50.5 Å². The maximum atomic E-state index is 12.5. The highest BCUT2D eigenvalue weighted by atomic mass is 35.5. The monoisotopic (exact) mass is 559 g/mol. The molecular formula is C24H31ClNO8PS. The molecule has 2 atom stereocenters. The predicted molar refractivity (Wildman–Crippen MR) is 140 cm³/mol. The Morgan fingerprint density at radius 2 is 1.61 bits per heavy atom. The quantitative estimate of drug-likeness (QED) is 0.233. The van der Waals surface area contributed by atoms with Crippen LogP contribution in [0.1, 0.15) is 36.6 Å². The number of ether oxygens (including phenoxy) is 2. The van der Waals surface area contributed by atoms with Crippen molar-refractivity contribution in [3.05, 3.63) is 65.2 Å². The van der Waals surface area contributed by atoms with Gasteiger partial charge in [0.1, 0.15) is 18.5 Å². The van der Waals surface area contributed by atoms with Crippen LogP contribution >= 0.6 is 32.0 Å². The summed E-state index contributed by atoms with van der Waals surface area (Å²) in [5.74, 6) is 0.350. The molecule has 1 saturated heterocycles. The molecule has 0 aromatic heterocycles. The molecule has 3 rings (SSSR count). The number of amides is 2. The minimum absolute atomic E-state index is 0. The van der Waals surface area contributed by atoms with E-state index in [2.05, 4.69) is 5.32 Å². The second kappa shape index (κ2) is 14.7. The largest absolute Gasteiger partial charge is 0.491 e. The van der Waals surface area contributed by atoms with E-state index in [1.807, 2.05) is 43.3 Å². The van der Waals surface area contributed by atoms with Crippen molar-refractivity contribution in [2.24, 2.45) is 0 Å². The molecule has 12 heteroatoms. The van der Waals surface area contributed by atoms with E-state index in [9.17, 15) is 14.2 Å². The van der Waals surface area contributed by atoms with Crippen molar-refractivity contribution in [2.75, 3.05) is 26.6 Å². The average molecular weight is 560 g/mol. The summed E-state index contributed by atoms with van der Waals surface area (Å²) in [5.41, 5.74) is 2.89. The summed E-state index contributed by atoms with van der Waals surface area (Å²) in [4.78, 5) is 23.1. The molecule has 2 aromatic rings. The van der Waals surface area contributed by atoms with Gasteiger partial charge in [0, 0.05) is 0 Å². The number of phosphoric ester groups is 1. The maximum absolute atomic E-state index is 12.5. The highest BCUT2D eigenvalue weighted by Gasteiger charge is 2.31. The molecule has 2 amide bonds. The Hall–Kier alpha value is -1.91. The summed E-state index contributed by atoms with van der Waals surface area (Å²) < 4.78 is 39.9. The van der Waals surface area contributed by atoms with Crippen molar-refractivity contribution < 1.29 is 37.2 Å². The molecule has 9 nitrogen and oxygen atoms in total. The lowest BCUT2D eigenvalue weighted by Gasteiger charge is -2.21. The molecule has 36 heavy (non-hydrogen) atoms. The average Bonchev–Trinajstić information content (AvgIpc) is 3.14. The summed E-state index contributed by atoms with van der Waals surface area (Å²) in [6.45, 7) is 5.61. The van der Waals surface area contributed by atoms with Crippen molar-refractivity contribution >= 4 is 43.1 Å². The molecule has 0 aliphatic carbocycles.